The lowest BCUT2D eigenvalue weighted by Gasteiger charge is -2.56. The number of aromatic nitrogens is 2. The van der Waals surface area contributed by atoms with Gasteiger partial charge in [-0.25, -0.2) is 0 Å². The highest BCUT2D eigenvalue weighted by atomic mass is 16.1. The molecule has 22 heavy (non-hydrogen) atoms. The van der Waals surface area contributed by atoms with Crippen molar-refractivity contribution in [3.8, 4) is 0 Å². The number of nitrogens with one attached hydrogen (secondary N) is 1. The maximum absolute atomic E-state index is 12.5. The van der Waals surface area contributed by atoms with Gasteiger partial charge in [0.2, 0.25) is 0 Å². The molecule has 1 aromatic heterocycles. The fourth-order valence-electron chi connectivity index (χ4n) is 5.77. The van der Waals surface area contributed by atoms with Gasteiger partial charge in [0.05, 0.1) is 11.3 Å². The van der Waals surface area contributed by atoms with Gasteiger partial charge in [-0.05, 0) is 75.5 Å². The van der Waals surface area contributed by atoms with Crippen LogP contribution in [0.3, 0.4) is 0 Å². The minimum absolute atomic E-state index is 0.0629. The fourth-order valence-corrected chi connectivity index (χ4v) is 5.77. The summed E-state index contributed by atoms with van der Waals surface area (Å²) in [5.41, 5.74) is 1.98. The van der Waals surface area contributed by atoms with Gasteiger partial charge in [-0.3, -0.25) is 9.48 Å². The van der Waals surface area contributed by atoms with E-state index >= 15 is 0 Å². The second-order valence-corrected chi connectivity index (χ2v) is 8.08. The number of amides is 1. The Balaban J connectivity index is 1.44. The van der Waals surface area contributed by atoms with Gasteiger partial charge >= 0.3 is 0 Å². The van der Waals surface area contributed by atoms with Gasteiger partial charge in [-0.2, -0.15) is 5.10 Å². The Morgan fingerprint density at radius 3 is 2.36 bits per heavy atom. The molecule has 0 saturated heterocycles. The lowest BCUT2D eigenvalue weighted by atomic mass is 9.49. The first-order chi connectivity index (χ1) is 10.6. The first kappa shape index (κ1) is 14.3. The maximum atomic E-state index is 12.5. The molecule has 120 valence electrons. The van der Waals surface area contributed by atoms with Crippen LogP contribution in [0.25, 0.3) is 0 Å². The summed E-state index contributed by atoms with van der Waals surface area (Å²) in [4.78, 5) is 12.5. The molecule has 1 N–H and O–H groups in total. The molecular weight excluding hydrogens is 274 g/mol. The van der Waals surface area contributed by atoms with Crippen LogP contribution in [-0.4, -0.2) is 22.2 Å². The van der Waals surface area contributed by atoms with Crippen molar-refractivity contribution in [2.24, 2.45) is 23.2 Å². The number of hydrogen-bond donors (Lipinski definition) is 1. The van der Waals surface area contributed by atoms with Crippen LogP contribution in [0.2, 0.25) is 0 Å². The summed E-state index contributed by atoms with van der Waals surface area (Å²) in [6.07, 6.45) is 10.3. The molecule has 5 rings (SSSR count). The summed E-state index contributed by atoms with van der Waals surface area (Å²) in [5.74, 6) is 2.88. The van der Waals surface area contributed by atoms with Gasteiger partial charge in [-0.1, -0.05) is 0 Å². The summed E-state index contributed by atoms with van der Waals surface area (Å²) in [5, 5.41) is 7.62. The van der Waals surface area contributed by atoms with Gasteiger partial charge < -0.3 is 5.32 Å². The van der Waals surface area contributed by atoms with E-state index in [9.17, 15) is 4.79 Å². The summed E-state index contributed by atoms with van der Waals surface area (Å²) in [6.45, 7) is 5.64. The van der Waals surface area contributed by atoms with E-state index in [1.165, 1.54) is 38.5 Å². The van der Waals surface area contributed by atoms with Gasteiger partial charge in [0.1, 0.15) is 0 Å². The lowest BCUT2D eigenvalue weighted by molar-refractivity contribution is -0.0503. The molecule has 0 radical (unpaired) electrons. The minimum atomic E-state index is 0.0629. The highest BCUT2D eigenvalue weighted by molar-refractivity contribution is 5.95. The average Bonchev–Trinajstić information content (AvgIpc) is 2.85. The van der Waals surface area contributed by atoms with Crippen LogP contribution in [0.15, 0.2) is 6.20 Å². The normalized spacial score (nSPS) is 35.8. The van der Waals surface area contributed by atoms with E-state index in [1.807, 2.05) is 24.7 Å². The fraction of sp³-hybridized carbons (Fsp3) is 0.778. The molecule has 4 heteroatoms. The largest absolute Gasteiger partial charge is 0.351 e. The number of nitrogens with zero attached hydrogens (tertiary/aromatic N) is 2. The molecule has 0 aliphatic heterocycles. The smallest absolute Gasteiger partial charge is 0.254 e. The summed E-state index contributed by atoms with van der Waals surface area (Å²) >= 11 is 0. The first-order valence-electron chi connectivity index (χ1n) is 8.89. The molecule has 1 aromatic rings. The minimum Gasteiger partial charge on any atom is -0.351 e. The zero-order valence-electron chi connectivity index (χ0n) is 13.8. The van der Waals surface area contributed by atoms with Gasteiger partial charge in [0.25, 0.3) is 5.91 Å². The van der Waals surface area contributed by atoms with Crippen LogP contribution in [0, 0.1) is 30.1 Å². The molecule has 1 heterocycles. The van der Waals surface area contributed by atoms with Crippen molar-refractivity contribution >= 4 is 5.91 Å². The van der Waals surface area contributed by atoms with Crippen molar-refractivity contribution in [1.82, 2.24) is 15.1 Å². The van der Waals surface area contributed by atoms with E-state index in [-0.39, 0.29) is 5.91 Å². The molecule has 4 aliphatic carbocycles. The van der Waals surface area contributed by atoms with E-state index in [0.29, 0.717) is 5.41 Å². The van der Waals surface area contributed by atoms with Gasteiger partial charge in [0, 0.05) is 19.3 Å². The summed E-state index contributed by atoms with van der Waals surface area (Å²) in [7, 11) is 0. The number of hydrogen-bond acceptors (Lipinski definition) is 2. The van der Waals surface area contributed by atoms with Crippen molar-refractivity contribution in [2.75, 3.05) is 6.54 Å². The van der Waals surface area contributed by atoms with E-state index < -0.39 is 0 Å². The molecule has 0 atom stereocenters. The highest BCUT2D eigenvalue weighted by Crippen LogP contribution is 2.59. The van der Waals surface area contributed by atoms with E-state index in [0.717, 1.165) is 42.1 Å². The quantitative estimate of drug-likeness (QED) is 0.928. The van der Waals surface area contributed by atoms with Crippen LogP contribution in [0.5, 0.6) is 0 Å². The predicted molar refractivity (Wildman–Crippen MR) is 85.6 cm³/mol. The maximum Gasteiger partial charge on any atom is 0.254 e. The van der Waals surface area contributed by atoms with Crippen LogP contribution < -0.4 is 5.32 Å². The summed E-state index contributed by atoms with van der Waals surface area (Å²) in [6, 6.07) is 0. The van der Waals surface area contributed by atoms with E-state index in [2.05, 4.69) is 10.4 Å². The Morgan fingerprint density at radius 2 is 1.86 bits per heavy atom. The SMILES string of the molecule is CCn1cc(C(=O)NCC23CC4CC(CC(C4)C2)C3)c(C)n1. The Labute approximate surface area is 132 Å². The third kappa shape index (κ3) is 2.37. The predicted octanol–water partition coefficient (Wildman–Crippen LogP) is 3.16. The molecule has 0 spiro atoms. The second kappa shape index (κ2) is 5.10. The third-order valence-electron chi connectivity index (χ3n) is 6.30. The molecule has 4 fully saturated rings. The number of aryl methyl sites for hydroxylation is 2. The highest BCUT2D eigenvalue weighted by Gasteiger charge is 2.50. The zero-order chi connectivity index (χ0) is 15.3. The second-order valence-electron chi connectivity index (χ2n) is 8.08. The Morgan fingerprint density at radius 1 is 1.27 bits per heavy atom. The van der Waals surface area contributed by atoms with E-state index in [4.69, 9.17) is 0 Å². The molecular formula is C18H27N3O. The summed E-state index contributed by atoms with van der Waals surface area (Å²) < 4.78 is 1.84. The topological polar surface area (TPSA) is 46.9 Å². The zero-order valence-corrected chi connectivity index (χ0v) is 13.8. The van der Waals surface area contributed by atoms with Crippen LogP contribution in [0.4, 0.5) is 0 Å². The van der Waals surface area contributed by atoms with Crippen LogP contribution in [0.1, 0.15) is 61.5 Å². The molecule has 4 bridgehead atoms. The van der Waals surface area contributed by atoms with Crippen molar-refractivity contribution in [2.45, 2.75) is 58.9 Å². The molecule has 4 aliphatic rings. The van der Waals surface area contributed by atoms with Gasteiger partial charge in [0.15, 0.2) is 0 Å². The van der Waals surface area contributed by atoms with Crippen molar-refractivity contribution in [3.63, 3.8) is 0 Å². The molecule has 4 nitrogen and oxygen atoms in total. The Hall–Kier alpha value is -1.32. The Bertz CT molecular complexity index is 554. The van der Waals surface area contributed by atoms with Crippen molar-refractivity contribution < 1.29 is 4.79 Å². The first-order valence-corrected chi connectivity index (χ1v) is 8.89. The van der Waals surface area contributed by atoms with Crippen LogP contribution in [-0.2, 0) is 6.54 Å². The van der Waals surface area contributed by atoms with Crippen LogP contribution >= 0.6 is 0 Å². The average molecular weight is 301 g/mol. The van der Waals surface area contributed by atoms with Gasteiger partial charge in [-0.15, -0.1) is 0 Å². The Kier molecular flexibility index (Phi) is 3.31. The van der Waals surface area contributed by atoms with E-state index in [1.54, 1.807) is 0 Å². The molecule has 4 saturated carbocycles. The number of carbonyl (C=O) groups excluding carboxylic acids is 1. The molecule has 0 unspecified atom stereocenters. The molecule has 1 amide bonds. The molecule has 0 aromatic carbocycles. The third-order valence-corrected chi connectivity index (χ3v) is 6.30. The lowest BCUT2D eigenvalue weighted by Crippen LogP contribution is -2.51. The standard InChI is InChI=1S/C18H27N3O/c1-3-21-10-16(12(2)20-21)17(22)19-11-18-7-13-4-14(8-18)6-15(5-13)9-18/h10,13-15H,3-9,11H2,1-2H3,(H,19,22). The number of rotatable bonds is 4. The number of carbonyl (C=O) groups is 1. The van der Waals surface area contributed by atoms with Crippen molar-refractivity contribution in [3.05, 3.63) is 17.5 Å². The monoisotopic (exact) mass is 301 g/mol. The van der Waals surface area contributed by atoms with Crippen molar-refractivity contribution in [1.29, 1.82) is 0 Å².